The van der Waals surface area contributed by atoms with E-state index in [9.17, 15) is 0 Å². The van der Waals surface area contributed by atoms with Crippen molar-refractivity contribution in [2.24, 2.45) is 16.8 Å². The normalized spacial score (nSPS) is 24.2. The highest BCUT2D eigenvalue weighted by Crippen LogP contribution is 2.29. The standard InChI is InChI=1S/C15H23N3O/c1-11-6-8-13(9-7-11)18(2)14-5-3-4-12(10-14)15(16)17-19/h3-5,10-11,13,19H,6-9H2,1-2H3,(H2,16,17). The van der Waals surface area contributed by atoms with Crippen molar-refractivity contribution in [1.29, 1.82) is 0 Å². The minimum atomic E-state index is 0.160. The van der Waals surface area contributed by atoms with E-state index in [-0.39, 0.29) is 5.84 Å². The van der Waals surface area contributed by atoms with Crippen LogP contribution in [-0.4, -0.2) is 24.1 Å². The molecule has 0 spiro atoms. The molecule has 1 aromatic carbocycles. The Morgan fingerprint density at radius 3 is 2.63 bits per heavy atom. The Balaban J connectivity index is 2.13. The van der Waals surface area contributed by atoms with Crippen molar-refractivity contribution in [3.63, 3.8) is 0 Å². The molecule has 0 radical (unpaired) electrons. The van der Waals surface area contributed by atoms with Gasteiger partial charge in [0.05, 0.1) is 0 Å². The summed E-state index contributed by atoms with van der Waals surface area (Å²) in [5, 5.41) is 11.8. The number of hydrogen-bond donors (Lipinski definition) is 2. The number of rotatable bonds is 3. The fourth-order valence-electron chi connectivity index (χ4n) is 2.78. The van der Waals surface area contributed by atoms with E-state index in [1.54, 1.807) is 0 Å². The fraction of sp³-hybridized carbons (Fsp3) is 0.533. The summed E-state index contributed by atoms with van der Waals surface area (Å²) in [5.41, 5.74) is 7.53. The molecule has 0 unspecified atom stereocenters. The topological polar surface area (TPSA) is 61.8 Å². The minimum Gasteiger partial charge on any atom is -0.409 e. The van der Waals surface area contributed by atoms with Crippen LogP contribution >= 0.6 is 0 Å². The van der Waals surface area contributed by atoms with Gasteiger partial charge in [-0.3, -0.25) is 0 Å². The third-order valence-corrected chi connectivity index (χ3v) is 4.19. The van der Waals surface area contributed by atoms with Crippen LogP contribution in [0.4, 0.5) is 5.69 Å². The van der Waals surface area contributed by atoms with Crippen molar-refractivity contribution in [3.05, 3.63) is 29.8 Å². The Kier molecular flexibility index (Phi) is 4.30. The summed E-state index contributed by atoms with van der Waals surface area (Å²) < 4.78 is 0. The summed E-state index contributed by atoms with van der Waals surface area (Å²) in [6.45, 7) is 2.33. The molecule has 19 heavy (non-hydrogen) atoms. The van der Waals surface area contributed by atoms with Gasteiger partial charge < -0.3 is 15.8 Å². The summed E-state index contributed by atoms with van der Waals surface area (Å²) in [4.78, 5) is 2.32. The van der Waals surface area contributed by atoms with Gasteiger partial charge in [0.2, 0.25) is 0 Å². The molecule has 1 fully saturated rings. The van der Waals surface area contributed by atoms with Gasteiger partial charge in [0.25, 0.3) is 0 Å². The second-order valence-corrected chi connectivity index (χ2v) is 5.56. The van der Waals surface area contributed by atoms with Crippen LogP contribution < -0.4 is 10.6 Å². The van der Waals surface area contributed by atoms with Gasteiger partial charge in [-0.25, -0.2) is 0 Å². The number of anilines is 1. The molecule has 0 atom stereocenters. The van der Waals surface area contributed by atoms with Gasteiger partial charge >= 0.3 is 0 Å². The van der Waals surface area contributed by atoms with E-state index in [0.717, 1.165) is 17.2 Å². The van der Waals surface area contributed by atoms with Crippen molar-refractivity contribution in [2.45, 2.75) is 38.6 Å². The molecule has 0 heterocycles. The third kappa shape index (κ3) is 3.19. The van der Waals surface area contributed by atoms with Crippen LogP contribution in [0.25, 0.3) is 0 Å². The second kappa shape index (κ2) is 5.95. The number of hydrogen-bond acceptors (Lipinski definition) is 3. The first kappa shape index (κ1) is 13.7. The average Bonchev–Trinajstić information content (AvgIpc) is 2.46. The van der Waals surface area contributed by atoms with E-state index in [1.165, 1.54) is 25.7 Å². The Morgan fingerprint density at radius 1 is 1.32 bits per heavy atom. The van der Waals surface area contributed by atoms with Crippen molar-refractivity contribution < 1.29 is 5.21 Å². The predicted molar refractivity (Wildman–Crippen MR) is 78.8 cm³/mol. The van der Waals surface area contributed by atoms with E-state index in [1.807, 2.05) is 18.2 Å². The van der Waals surface area contributed by atoms with Gasteiger partial charge in [0, 0.05) is 24.3 Å². The van der Waals surface area contributed by atoms with Crippen LogP contribution in [0.1, 0.15) is 38.2 Å². The van der Waals surface area contributed by atoms with Gasteiger partial charge in [0.1, 0.15) is 0 Å². The molecule has 104 valence electrons. The van der Waals surface area contributed by atoms with E-state index in [4.69, 9.17) is 10.9 Å². The quantitative estimate of drug-likeness (QED) is 0.380. The van der Waals surface area contributed by atoms with E-state index in [2.05, 4.69) is 30.1 Å². The summed E-state index contributed by atoms with van der Waals surface area (Å²) in [6, 6.07) is 8.46. The lowest BCUT2D eigenvalue weighted by Crippen LogP contribution is -2.34. The summed E-state index contributed by atoms with van der Waals surface area (Å²) in [7, 11) is 2.13. The lowest BCUT2D eigenvalue weighted by atomic mass is 9.86. The van der Waals surface area contributed by atoms with Gasteiger partial charge in [0.15, 0.2) is 5.84 Å². The van der Waals surface area contributed by atoms with E-state index >= 15 is 0 Å². The number of nitrogens with two attached hydrogens (primary N) is 1. The van der Waals surface area contributed by atoms with E-state index < -0.39 is 0 Å². The predicted octanol–water partition coefficient (Wildman–Crippen LogP) is 2.80. The van der Waals surface area contributed by atoms with Gasteiger partial charge in [-0.15, -0.1) is 0 Å². The molecular weight excluding hydrogens is 238 g/mol. The highest BCUT2D eigenvalue weighted by molar-refractivity contribution is 5.97. The minimum absolute atomic E-state index is 0.160. The molecule has 0 aromatic heterocycles. The molecule has 0 amide bonds. The van der Waals surface area contributed by atoms with Crippen LogP contribution in [0, 0.1) is 5.92 Å². The first-order valence-electron chi connectivity index (χ1n) is 6.92. The molecule has 3 N–H and O–H groups in total. The van der Waals surface area contributed by atoms with E-state index in [0.29, 0.717) is 6.04 Å². The molecule has 0 saturated heterocycles. The average molecular weight is 261 g/mol. The summed E-state index contributed by atoms with van der Waals surface area (Å²) in [5.74, 6) is 1.01. The molecule has 0 bridgehead atoms. The Labute approximate surface area is 114 Å². The van der Waals surface area contributed by atoms with Crippen LogP contribution in [0.2, 0.25) is 0 Å². The number of oxime groups is 1. The first-order valence-corrected chi connectivity index (χ1v) is 6.92. The lowest BCUT2D eigenvalue weighted by molar-refractivity contribution is 0.318. The van der Waals surface area contributed by atoms with Gasteiger partial charge in [-0.2, -0.15) is 0 Å². The number of benzene rings is 1. The van der Waals surface area contributed by atoms with Crippen molar-refractivity contribution >= 4 is 11.5 Å². The first-order chi connectivity index (χ1) is 9.11. The zero-order valence-corrected chi connectivity index (χ0v) is 11.7. The lowest BCUT2D eigenvalue weighted by Gasteiger charge is -2.35. The molecule has 4 nitrogen and oxygen atoms in total. The molecule has 1 aliphatic rings. The van der Waals surface area contributed by atoms with Crippen molar-refractivity contribution in [2.75, 3.05) is 11.9 Å². The number of nitrogens with zero attached hydrogens (tertiary/aromatic N) is 2. The molecule has 1 saturated carbocycles. The van der Waals surface area contributed by atoms with Crippen molar-refractivity contribution in [1.82, 2.24) is 0 Å². The van der Waals surface area contributed by atoms with Crippen LogP contribution in [0.5, 0.6) is 0 Å². The summed E-state index contributed by atoms with van der Waals surface area (Å²) >= 11 is 0. The third-order valence-electron chi connectivity index (χ3n) is 4.19. The SMILES string of the molecule is CC1CCC(N(C)c2cccc(C(N)=NO)c2)CC1. The Bertz CT molecular complexity index is 450. The maximum atomic E-state index is 8.74. The molecular formula is C15H23N3O. The highest BCUT2D eigenvalue weighted by Gasteiger charge is 2.22. The largest absolute Gasteiger partial charge is 0.409 e. The monoisotopic (exact) mass is 261 g/mol. The Morgan fingerprint density at radius 2 is 2.00 bits per heavy atom. The molecule has 2 rings (SSSR count). The highest BCUT2D eigenvalue weighted by atomic mass is 16.4. The molecule has 1 aliphatic carbocycles. The summed E-state index contributed by atoms with van der Waals surface area (Å²) in [6.07, 6.45) is 5.08. The molecule has 1 aromatic rings. The Hall–Kier alpha value is -1.71. The van der Waals surface area contributed by atoms with Gasteiger partial charge in [-0.1, -0.05) is 24.2 Å². The van der Waals surface area contributed by atoms with Crippen LogP contribution in [0.3, 0.4) is 0 Å². The van der Waals surface area contributed by atoms with Crippen LogP contribution in [-0.2, 0) is 0 Å². The zero-order valence-electron chi connectivity index (χ0n) is 11.7. The molecule has 4 heteroatoms. The fourth-order valence-corrected chi connectivity index (χ4v) is 2.78. The van der Waals surface area contributed by atoms with Gasteiger partial charge in [-0.05, 0) is 43.7 Å². The maximum Gasteiger partial charge on any atom is 0.170 e. The van der Waals surface area contributed by atoms with Crippen LogP contribution in [0.15, 0.2) is 29.4 Å². The molecule has 0 aliphatic heterocycles. The zero-order chi connectivity index (χ0) is 13.8. The number of amidine groups is 1. The van der Waals surface area contributed by atoms with Crippen molar-refractivity contribution in [3.8, 4) is 0 Å². The second-order valence-electron chi connectivity index (χ2n) is 5.56. The smallest absolute Gasteiger partial charge is 0.170 e. The maximum absolute atomic E-state index is 8.74.